The van der Waals surface area contributed by atoms with E-state index in [9.17, 15) is 0 Å². The van der Waals surface area contributed by atoms with Gasteiger partial charge in [0.25, 0.3) is 0 Å². The lowest BCUT2D eigenvalue weighted by Crippen LogP contribution is -1.92. The predicted molar refractivity (Wildman–Crippen MR) is 64.2 cm³/mol. The lowest BCUT2D eigenvalue weighted by molar-refractivity contribution is 1.15. The topological polar surface area (TPSA) is 43.3 Å². The highest BCUT2D eigenvalue weighted by molar-refractivity contribution is 5.47. The largest absolute Gasteiger partial charge is 0.384 e. The average molecular weight is 209 g/mol. The molecule has 0 aliphatic rings. The van der Waals surface area contributed by atoms with Crippen molar-refractivity contribution >= 4 is 11.5 Å². The normalized spacial score (nSPS) is 9.69. The molecule has 0 aliphatic heterocycles. The molecule has 0 saturated carbocycles. The van der Waals surface area contributed by atoms with E-state index in [2.05, 4.69) is 9.83 Å². The third kappa shape index (κ3) is 2.37. The number of hydrogen-bond donors (Lipinski definition) is 1. The number of rotatable bonds is 2. The highest BCUT2D eigenvalue weighted by atomic mass is 14.8. The van der Waals surface area contributed by atoms with Crippen LogP contribution in [0.3, 0.4) is 0 Å². The average Bonchev–Trinajstić information content (AvgIpc) is 2.32. The van der Waals surface area contributed by atoms with Crippen molar-refractivity contribution in [2.75, 3.05) is 5.73 Å². The summed E-state index contributed by atoms with van der Waals surface area (Å²) >= 11 is 0. The Labute approximate surface area is 94.4 Å². The van der Waals surface area contributed by atoms with Crippen molar-refractivity contribution in [2.45, 2.75) is 6.42 Å². The van der Waals surface area contributed by atoms with Crippen molar-refractivity contribution in [2.24, 2.45) is 0 Å². The monoisotopic (exact) mass is 209 g/mol. The van der Waals surface area contributed by atoms with Crippen LogP contribution in [0.15, 0.2) is 42.6 Å². The van der Waals surface area contributed by atoms with Crippen molar-refractivity contribution in [3.63, 3.8) is 0 Å². The van der Waals surface area contributed by atoms with Gasteiger partial charge in [0, 0.05) is 6.20 Å². The molecule has 0 aliphatic carbocycles. The molecule has 1 aromatic carbocycles. The second-order valence-electron chi connectivity index (χ2n) is 3.55. The van der Waals surface area contributed by atoms with Crippen molar-refractivity contribution < 1.29 is 0 Å². The lowest BCUT2D eigenvalue weighted by atomic mass is 10.1. The zero-order valence-electron chi connectivity index (χ0n) is 8.72. The molecule has 1 heterocycles. The van der Waals surface area contributed by atoms with E-state index in [1.807, 2.05) is 24.3 Å². The van der Waals surface area contributed by atoms with Crippen LogP contribution in [0.1, 0.15) is 11.1 Å². The SMILES string of the molecule is [C-]#[N+]c1cccc(Cc2ccc(N)nc2)c1. The molecule has 0 amide bonds. The summed E-state index contributed by atoms with van der Waals surface area (Å²) in [5, 5.41) is 0. The second-order valence-corrected chi connectivity index (χ2v) is 3.55. The third-order valence-electron chi connectivity index (χ3n) is 2.30. The molecule has 16 heavy (non-hydrogen) atoms. The summed E-state index contributed by atoms with van der Waals surface area (Å²) in [6.45, 7) is 6.94. The Kier molecular flexibility index (Phi) is 2.84. The van der Waals surface area contributed by atoms with Gasteiger partial charge in [0.05, 0.1) is 6.57 Å². The van der Waals surface area contributed by atoms with E-state index in [0.717, 1.165) is 17.5 Å². The van der Waals surface area contributed by atoms with Gasteiger partial charge >= 0.3 is 0 Å². The van der Waals surface area contributed by atoms with Crippen LogP contribution in [0.25, 0.3) is 4.85 Å². The molecule has 2 aromatic rings. The molecule has 3 nitrogen and oxygen atoms in total. The van der Waals surface area contributed by atoms with Crippen LogP contribution in [-0.2, 0) is 6.42 Å². The Morgan fingerprint density at radius 2 is 2.06 bits per heavy atom. The van der Waals surface area contributed by atoms with Gasteiger partial charge in [-0.05, 0) is 18.1 Å². The smallest absolute Gasteiger partial charge is 0.187 e. The van der Waals surface area contributed by atoms with E-state index in [-0.39, 0.29) is 0 Å². The van der Waals surface area contributed by atoms with Gasteiger partial charge < -0.3 is 5.73 Å². The Balaban J connectivity index is 2.21. The molecule has 78 valence electrons. The van der Waals surface area contributed by atoms with E-state index in [4.69, 9.17) is 12.3 Å². The molecule has 0 saturated heterocycles. The van der Waals surface area contributed by atoms with Crippen molar-refractivity contribution in [1.82, 2.24) is 4.98 Å². The van der Waals surface area contributed by atoms with Gasteiger partial charge in [0.2, 0.25) is 0 Å². The highest BCUT2D eigenvalue weighted by Crippen LogP contribution is 2.16. The molecule has 3 heteroatoms. The van der Waals surface area contributed by atoms with Crippen molar-refractivity contribution in [1.29, 1.82) is 0 Å². The summed E-state index contributed by atoms with van der Waals surface area (Å²) in [6, 6.07) is 11.3. The first kappa shape index (κ1) is 10.2. The second kappa shape index (κ2) is 4.45. The minimum absolute atomic E-state index is 0.527. The molecular weight excluding hydrogens is 198 g/mol. The number of hydrogen-bond acceptors (Lipinski definition) is 2. The quantitative estimate of drug-likeness (QED) is 0.773. The number of benzene rings is 1. The molecular formula is C13H11N3. The summed E-state index contributed by atoms with van der Waals surface area (Å²) in [6.07, 6.45) is 2.54. The van der Waals surface area contributed by atoms with E-state index in [0.29, 0.717) is 11.5 Å². The van der Waals surface area contributed by atoms with Crippen LogP contribution >= 0.6 is 0 Å². The molecule has 0 spiro atoms. The van der Waals surface area contributed by atoms with Crippen molar-refractivity contribution in [3.05, 3.63) is 65.1 Å². The minimum Gasteiger partial charge on any atom is -0.384 e. The molecule has 0 atom stereocenters. The fourth-order valence-corrected chi connectivity index (χ4v) is 1.51. The van der Waals surface area contributed by atoms with Gasteiger partial charge in [-0.3, -0.25) is 0 Å². The lowest BCUT2D eigenvalue weighted by Gasteiger charge is -2.02. The maximum Gasteiger partial charge on any atom is 0.187 e. The van der Waals surface area contributed by atoms with Gasteiger partial charge in [-0.1, -0.05) is 35.9 Å². The Hall–Kier alpha value is -2.34. The van der Waals surface area contributed by atoms with Gasteiger partial charge in [-0.25, -0.2) is 9.83 Å². The van der Waals surface area contributed by atoms with Crippen LogP contribution in [0.4, 0.5) is 11.5 Å². The number of pyridine rings is 1. The van der Waals surface area contributed by atoms with Gasteiger partial charge in [-0.2, -0.15) is 0 Å². The van der Waals surface area contributed by atoms with E-state index in [1.165, 1.54) is 0 Å². The van der Waals surface area contributed by atoms with Crippen LogP contribution in [-0.4, -0.2) is 4.98 Å². The van der Waals surface area contributed by atoms with E-state index < -0.39 is 0 Å². The fraction of sp³-hybridized carbons (Fsp3) is 0.0769. The zero-order valence-corrected chi connectivity index (χ0v) is 8.72. The summed E-state index contributed by atoms with van der Waals surface area (Å²) in [7, 11) is 0. The predicted octanol–water partition coefficient (Wildman–Crippen LogP) is 2.81. The Morgan fingerprint density at radius 3 is 2.75 bits per heavy atom. The van der Waals surface area contributed by atoms with Gasteiger partial charge in [-0.15, -0.1) is 0 Å². The number of anilines is 1. The molecule has 1 aromatic heterocycles. The Morgan fingerprint density at radius 1 is 1.19 bits per heavy atom. The summed E-state index contributed by atoms with van der Waals surface area (Å²) in [5.74, 6) is 0.527. The van der Waals surface area contributed by atoms with Crippen LogP contribution in [0.2, 0.25) is 0 Å². The first-order chi connectivity index (χ1) is 7.78. The maximum atomic E-state index is 6.94. The Bertz CT molecular complexity index is 524. The standard InChI is InChI=1S/C13H11N3/c1-15-12-4-2-3-10(8-12)7-11-5-6-13(14)16-9-11/h2-6,8-9H,7H2,(H2,14,16). The van der Waals surface area contributed by atoms with E-state index in [1.54, 1.807) is 18.3 Å². The highest BCUT2D eigenvalue weighted by Gasteiger charge is 1.98. The van der Waals surface area contributed by atoms with Gasteiger partial charge in [0.1, 0.15) is 5.82 Å². The number of nitrogens with two attached hydrogens (primary N) is 1. The molecule has 0 bridgehead atoms. The molecule has 2 N–H and O–H groups in total. The molecule has 0 radical (unpaired) electrons. The summed E-state index contributed by atoms with van der Waals surface area (Å²) in [5.41, 5.74) is 8.39. The van der Waals surface area contributed by atoms with Crippen LogP contribution in [0.5, 0.6) is 0 Å². The zero-order chi connectivity index (χ0) is 11.4. The summed E-state index contributed by atoms with van der Waals surface area (Å²) in [4.78, 5) is 7.44. The molecule has 0 fully saturated rings. The maximum absolute atomic E-state index is 6.94. The van der Waals surface area contributed by atoms with Crippen LogP contribution in [0, 0.1) is 6.57 Å². The van der Waals surface area contributed by atoms with Crippen LogP contribution < -0.4 is 5.73 Å². The van der Waals surface area contributed by atoms with Gasteiger partial charge in [0.15, 0.2) is 5.69 Å². The number of aromatic nitrogens is 1. The van der Waals surface area contributed by atoms with E-state index >= 15 is 0 Å². The fourth-order valence-electron chi connectivity index (χ4n) is 1.51. The number of nitrogens with zero attached hydrogens (tertiary/aromatic N) is 2. The first-order valence-corrected chi connectivity index (χ1v) is 4.95. The first-order valence-electron chi connectivity index (χ1n) is 4.95. The number of nitrogen functional groups attached to an aromatic ring is 1. The molecule has 2 rings (SSSR count). The van der Waals surface area contributed by atoms with Crippen molar-refractivity contribution in [3.8, 4) is 0 Å². The minimum atomic E-state index is 0.527. The summed E-state index contributed by atoms with van der Waals surface area (Å²) < 4.78 is 0. The third-order valence-corrected chi connectivity index (χ3v) is 2.30. The molecule has 0 unspecified atom stereocenters.